The van der Waals surface area contributed by atoms with Crippen molar-refractivity contribution in [3.05, 3.63) is 30.1 Å². The van der Waals surface area contributed by atoms with E-state index >= 15 is 0 Å². The lowest BCUT2D eigenvalue weighted by Crippen LogP contribution is -2.28. The van der Waals surface area contributed by atoms with Crippen LogP contribution >= 0.6 is 0 Å². The molecule has 0 bridgehead atoms. The standard InChI is InChI=1S/C16H21N3O2/c1-2-11-6-5-7-12(10-11)17-15-14(16(20)21)19-9-4-3-8-13(19)18-15/h3-4,8-9,11-12,17H,2,5-7,10H2,1H3,(H,20,21). The van der Waals surface area contributed by atoms with Crippen molar-refractivity contribution in [2.24, 2.45) is 5.92 Å². The van der Waals surface area contributed by atoms with Gasteiger partial charge in [0.15, 0.2) is 11.5 Å². The Morgan fingerprint density at radius 2 is 2.33 bits per heavy atom. The van der Waals surface area contributed by atoms with Crippen LogP contribution in [0.3, 0.4) is 0 Å². The van der Waals surface area contributed by atoms with Crippen molar-refractivity contribution in [2.75, 3.05) is 5.32 Å². The molecule has 21 heavy (non-hydrogen) atoms. The molecule has 1 fully saturated rings. The van der Waals surface area contributed by atoms with Crippen LogP contribution in [0.4, 0.5) is 5.82 Å². The molecule has 5 nitrogen and oxygen atoms in total. The Morgan fingerprint density at radius 1 is 1.48 bits per heavy atom. The van der Waals surface area contributed by atoms with Crippen molar-refractivity contribution in [3.8, 4) is 0 Å². The van der Waals surface area contributed by atoms with Crippen LogP contribution in [0.1, 0.15) is 49.5 Å². The number of carboxylic acid groups (broad SMARTS) is 1. The number of anilines is 1. The summed E-state index contributed by atoms with van der Waals surface area (Å²) in [5, 5.41) is 12.9. The van der Waals surface area contributed by atoms with Crippen molar-refractivity contribution in [1.82, 2.24) is 9.38 Å². The highest BCUT2D eigenvalue weighted by atomic mass is 16.4. The quantitative estimate of drug-likeness (QED) is 0.904. The molecule has 2 N–H and O–H groups in total. The first-order chi connectivity index (χ1) is 10.2. The molecule has 1 aliphatic carbocycles. The maximum Gasteiger partial charge on any atom is 0.356 e. The van der Waals surface area contributed by atoms with Crippen LogP contribution in [-0.2, 0) is 0 Å². The molecule has 2 aromatic rings. The molecule has 0 amide bonds. The van der Waals surface area contributed by atoms with E-state index in [4.69, 9.17) is 0 Å². The zero-order chi connectivity index (χ0) is 14.8. The molecule has 1 aliphatic rings. The summed E-state index contributed by atoms with van der Waals surface area (Å²) >= 11 is 0. The summed E-state index contributed by atoms with van der Waals surface area (Å²) in [6, 6.07) is 5.84. The molecule has 1 saturated carbocycles. The van der Waals surface area contributed by atoms with Gasteiger partial charge in [-0.15, -0.1) is 0 Å². The molecule has 0 spiro atoms. The third-order valence-electron chi connectivity index (χ3n) is 4.43. The molecule has 0 saturated heterocycles. The van der Waals surface area contributed by atoms with Gasteiger partial charge in [-0.25, -0.2) is 9.78 Å². The van der Waals surface area contributed by atoms with Gasteiger partial charge in [-0.2, -0.15) is 0 Å². The molecule has 112 valence electrons. The number of aromatic nitrogens is 2. The van der Waals surface area contributed by atoms with Crippen LogP contribution in [0, 0.1) is 5.92 Å². The van der Waals surface area contributed by atoms with E-state index in [1.165, 1.54) is 19.3 Å². The van der Waals surface area contributed by atoms with E-state index in [-0.39, 0.29) is 5.69 Å². The van der Waals surface area contributed by atoms with Crippen LogP contribution in [0.15, 0.2) is 24.4 Å². The number of fused-ring (bicyclic) bond motifs is 1. The number of rotatable bonds is 4. The Morgan fingerprint density at radius 3 is 3.10 bits per heavy atom. The third kappa shape index (κ3) is 2.73. The number of hydrogen-bond donors (Lipinski definition) is 2. The lowest BCUT2D eigenvalue weighted by molar-refractivity contribution is 0.0690. The second-order valence-electron chi connectivity index (χ2n) is 5.83. The zero-order valence-corrected chi connectivity index (χ0v) is 12.2. The Bertz CT molecular complexity index is 650. The molecule has 0 aliphatic heterocycles. The smallest absolute Gasteiger partial charge is 0.356 e. The van der Waals surface area contributed by atoms with Gasteiger partial charge in [0.05, 0.1) is 0 Å². The van der Waals surface area contributed by atoms with Gasteiger partial charge in [-0.3, -0.25) is 4.40 Å². The molecular formula is C16H21N3O2. The number of nitrogens with zero attached hydrogens (tertiary/aromatic N) is 2. The minimum absolute atomic E-state index is 0.226. The normalized spacial score (nSPS) is 22.3. The van der Waals surface area contributed by atoms with Gasteiger partial charge in [0, 0.05) is 12.2 Å². The van der Waals surface area contributed by atoms with E-state index in [1.54, 1.807) is 10.6 Å². The van der Waals surface area contributed by atoms with Crippen molar-refractivity contribution in [2.45, 2.75) is 45.1 Å². The topological polar surface area (TPSA) is 66.6 Å². The van der Waals surface area contributed by atoms with Crippen LogP contribution < -0.4 is 5.32 Å². The van der Waals surface area contributed by atoms with Gasteiger partial charge in [0.1, 0.15) is 5.65 Å². The highest BCUT2D eigenvalue weighted by Crippen LogP contribution is 2.29. The van der Waals surface area contributed by atoms with Crippen LogP contribution in [0.25, 0.3) is 5.65 Å². The average molecular weight is 287 g/mol. The fraction of sp³-hybridized carbons (Fsp3) is 0.500. The van der Waals surface area contributed by atoms with E-state index in [1.807, 2.05) is 18.2 Å². The maximum atomic E-state index is 11.6. The van der Waals surface area contributed by atoms with Crippen molar-refractivity contribution in [3.63, 3.8) is 0 Å². The first-order valence-corrected chi connectivity index (χ1v) is 7.66. The van der Waals surface area contributed by atoms with Gasteiger partial charge < -0.3 is 10.4 Å². The fourth-order valence-electron chi connectivity index (χ4n) is 3.29. The van der Waals surface area contributed by atoms with Crippen LogP contribution in [-0.4, -0.2) is 26.5 Å². The van der Waals surface area contributed by atoms with Gasteiger partial charge in [0.2, 0.25) is 0 Å². The molecule has 5 heteroatoms. The second kappa shape index (κ2) is 5.76. The van der Waals surface area contributed by atoms with Gasteiger partial charge in [-0.05, 0) is 30.9 Å². The van der Waals surface area contributed by atoms with E-state index in [2.05, 4.69) is 17.2 Å². The van der Waals surface area contributed by atoms with Crippen molar-refractivity contribution in [1.29, 1.82) is 0 Å². The van der Waals surface area contributed by atoms with E-state index in [0.29, 0.717) is 17.5 Å². The molecule has 0 aromatic carbocycles. The summed E-state index contributed by atoms with van der Waals surface area (Å²) in [6.07, 6.45) is 7.60. The number of nitrogens with one attached hydrogen (secondary N) is 1. The monoisotopic (exact) mass is 287 g/mol. The van der Waals surface area contributed by atoms with Crippen LogP contribution in [0.5, 0.6) is 0 Å². The second-order valence-corrected chi connectivity index (χ2v) is 5.83. The Hall–Kier alpha value is -2.04. The van der Waals surface area contributed by atoms with Gasteiger partial charge in [-0.1, -0.05) is 32.3 Å². The zero-order valence-electron chi connectivity index (χ0n) is 12.2. The minimum Gasteiger partial charge on any atom is -0.476 e. The van der Waals surface area contributed by atoms with Gasteiger partial charge in [0.25, 0.3) is 0 Å². The average Bonchev–Trinajstić information content (AvgIpc) is 2.85. The molecule has 0 radical (unpaired) electrons. The molecule has 2 heterocycles. The molecular weight excluding hydrogens is 266 g/mol. The number of imidazole rings is 1. The van der Waals surface area contributed by atoms with Gasteiger partial charge >= 0.3 is 5.97 Å². The molecule has 2 unspecified atom stereocenters. The summed E-state index contributed by atoms with van der Waals surface area (Å²) in [7, 11) is 0. The van der Waals surface area contributed by atoms with Crippen molar-refractivity contribution < 1.29 is 9.90 Å². The fourth-order valence-corrected chi connectivity index (χ4v) is 3.29. The van der Waals surface area contributed by atoms with Crippen LogP contribution in [0.2, 0.25) is 0 Å². The number of aromatic carboxylic acids is 1. The predicted molar refractivity (Wildman–Crippen MR) is 81.8 cm³/mol. The molecule has 2 aromatic heterocycles. The maximum absolute atomic E-state index is 11.6. The van der Waals surface area contributed by atoms with E-state index < -0.39 is 5.97 Å². The Kier molecular flexibility index (Phi) is 3.82. The van der Waals surface area contributed by atoms with E-state index in [0.717, 1.165) is 18.8 Å². The summed E-state index contributed by atoms with van der Waals surface area (Å²) in [4.78, 5) is 16.0. The lowest BCUT2D eigenvalue weighted by atomic mass is 9.84. The minimum atomic E-state index is -0.945. The summed E-state index contributed by atoms with van der Waals surface area (Å²) in [6.45, 7) is 2.22. The van der Waals surface area contributed by atoms with Crippen molar-refractivity contribution >= 4 is 17.4 Å². The molecule has 2 atom stereocenters. The highest BCUT2D eigenvalue weighted by Gasteiger charge is 2.24. The Balaban J connectivity index is 1.89. The summed E-state index contributed by atoms with van der Waals surface area (Å²) < 4.78 is 1.63. The SMILES string of the molecule is CCC1CCCC(Nc2nc3ccccn3c2C(=O)O)C1. The number of pyridine rings is 1. The highest BCUT2D eigenvalue weighted by molar-refractivity contribution is 5.93. The number of carboxylic acids is 1. The third-order valence-corrected chi connectivity index (χ3v) is 4.43. The molecule has 3 rings (SSSR count). The summed E-state index contributed by atoms with van der Waals surface area (Å²) in [5.41, 5.74) is 0.893. The largest absolute Gasteiger partial charge is 0.476 e. The first kappa shape index (κ1) is 13.9. The predicted octanol–water partition coefficient (Wildman–Crippen LogP) is 3.41. The first-order valence-electron chi connectivity index (χ1n) is 7.66. The van der Waals surface area contributed by atoms with E-state index in [9.17, 15) is 9.90 Å². The Labute approximate surface area is 124 Å². The summed E-state index contributed by atoms with van der Waals surface area (Å²) in [5.74, 6) is 0.288. The lowest BCUT2D eigenvalue weighted by Gasteiger charge is -2.29. The number of carbonyl (C=O) groups is 1. The number of hydrogen-bond acceptors (Lipinski definition) is 3.